The summed E-state index contributed by atoms with van der Waals surface area (Å²) in [7, 11) is 0. The summed E-state index contributed by atoms with van der Waals surface area (Å²) in [5, 5.41) is 0. The summed E-state index contributed by atoms with van der Waals surface area (Å²) in [5.41, 5.74) is 2.43. The van der Waals surface area contributed by atoms with Crippen LogP contribution in [0.3, 0.4) is 0 Å². The van der Waals surface area contributed by atoms with E-state index >= 15 is 0 Å². The Bertz CT molecular complexity index is 358. The predicted molar refractivity (Wildman–Crippen MR) is 75.2 cm³/mol. The van der Waals surface area contributed by atoms with Crippen molar-refractivity contribution in [1.82, 2.24) is 0 Å². The van der Waals surface area contributed by atoms with E-state index in [1.54, 1.807) is 0 Å². The topological polar surface area (TPSA) is 9.23 Å². The van der Waals surface area contributed by atoms with Crippen LogP contribution >= 0.6 is 0 Å². The lowest BCUT2D eigenvalue weighted by Gasteiger charge is -2.16. The average Bonchev–Trinajstić information content (AvgIpc) is 2.34. The number of rotatable bonds is 7. The molecule has 0 bridgehead atoms. The van der Waals surface area contributed by atoms with Crippen molar-refractivity contribution in [2.75, 3.05) is 13.3 Å². The fourth-order valence-corrected chi connectivity index (χ4v) is 1.86. The van der Waals surface area contributed by atoms with E-state index in [2.05, 4.69) is 39.8 Å². The molecule has 0 unspecified atom stereocenters. The number of alkyl halides is 1. The monoisotopic (exact) mass is 252 g/mol. The summed E-state index contributed by atoms with van der Waals surface area (Å²) in [6.45, 7) is 9.11. The molecule has 0 aliphatic heterocycles. The van der Waals surface area contributed by atoms with Gasteiger partial charge >= 0.3 is 0 Å². The quantitative estimate of drug-likeness (QED) is 0.680. The summed E-state index contributed by atoms with van der Waals surface area (Å²) in [6, 6.07) is 6.25. The van der Waals surface area contributed by atoms with Crippen LogP contribution in [0.5, 0.6) is 5.75 Å². The lowest BCUT2D eigenvalue weighted by atomic mass is 9.98. The van der Waals surface area contributed by atoms with Crippen LogP contribution in [0.2, 0.25) is 0 Å². The highest BCUT2D eigenvalue weighted by atomic mass is 19.1. The second-order valence-corrected chi connectivity index (χ2v) is 5.52. The van der Waals surface area contributed by atoms with Gasteiger partial charge in [0.15, 0.2) is 0 Å². The van der Waals surface area contributed by atoms with Gasteiger partial charge in [-0.25, -0.2) is 0 Å². The summed E-state index contributed by atoms with van der Waals surface area (Å²) in [4.78, 5) is 0. The average molecular weight is 252 g/mol. The van der Waals surface area contributed by atoms with Crippen molar-refractivity contribution in [2.45, 2.75) is 46.5 Å². The number of hydrogen-bond acceptors (Lipinski definition) is 1. The van der Waals surface area contributed by atoms with E-state index in [4.69, 9.17) is 4.74 Å². The van der Waals surface area contributed by atoms with Gasteiger partial charge in [0.1, 0.15) is 5.75 Å². The zero-order chi connectivity index (χ0) is 13.5. The SMILES string of the molecule is CC(C)COc1ccc(CCCF)cc1C(C)C. The van der Waals surface area contributed by atoms with Gasteiger partial charge in [-0.15, -0.1) is 0 Å². The molecule has 2 heteroatoms. The molecule has 0 atom stereocenters. The largest absolute Gasteiger partial charge is 0.493 e. The molecule has 0 amide bonds. The Hall–Kier alpha value is -1.05. The van der Waals surface area contributed by atoms with Crippen molar-refractivity contribution < 1.29 is 9.13 Å². The van der Waals surface area contributed by atoms with Gasteiger partial charge in [0.05, 0.1) is 13.3 Å². The molecule has 102 valence electrons. The molecule has 0 heterocycles. The van der Waals surface area contributed by atoms with Crippen molar-refractivity contribution in [3.05, 3.63) is 29.3 Å². The molecule has 0 saturated carbocycles. The molecule has 1 rings (SSSR count). The van der Waals surface area contributed by atoms with E-state index in [0.29, 0.717) is 18.3 Å². The van der Waals surface area contributed by atoms with Gasteiger partial charge in [-0.3, -0.25) is 4.39 Å². The van der Waals surface area contributed by atoms with Crippen molar-refractivity contribution >= 4 is 0 Å². The van der Waals surface area contributed by atoms with Crippen LogP contribution in [-0.4, -0.2) is 13.3 Å². The standard InChI is InChI=1S/C16H25FO/c1-12(2)11-18-16-8-7-14(6-5-9-17)10-15(16)13(3)4/h7-8,10,12-13H,5-6,9,11H2,1-4H3. The van der Waals surface area contributed by atoms with E-state index in [9.17, 15) is 4.39 Å². The zero-order valence-electron chi connectivity index (χ0n) is 12.0. The highest BCUT2D eigenvalue weighted by molar-refractivity contribution is 5.39. The fourth-order valence-electron chi connectivity index (χ4n) is 1.86. The third kappa shape index (κ3) is 4.67. The molecule has 0 aromatic heterocycles. The third-order valence-electron chi connectivity index (χ3n) is 2.87. The molecule has 0 fully saturated rings. The Morgan fingerprint density at radius 3 is 2.44 bits per heavy atom. The maximum Gasteiger partial charge on any atom is 0.122 e. The van der Waals surface area contributed by atoms with E-state index in [-0.39, 0.29) is 6.67 Å². The predicted octanol–water partition coefficient (Wildman–Crippen LogP) is 4.75. The molecule has 1 aromatic carbocycles. The summed E-state index contributed by atoms with van der Waals surface area (Å²) in [5.74, 6) is 1.93. The van der Waals surface area contributed by atoms with E-state index in [1.807, 2.05) is 6.07 Å². The van der Waals surface area contributed by atoms with Crippen LogP contribution in [0.15, 0.2) is 18.2 Å². The normalized spacial score (nSPS) is 11.3. The van der Waals surface area contributed by atoms with Crippen molar-refractivity contribution in [1.29, 1.82) is 0 Å². The van der Waals surface area contributed by atoms with E-state index in [1.165, 1.54) is 11.1 Å². The minimum absolute atomic E-state index is 0.247. The van der Waals surface area contributed by atoms with Crippen LogP contribution in [0.4, 0.5) is 4.39 Å². The molecule has 1 aromatic rings. The zero-order valence-corrected chi connectivity index (χ0v) is 12.0. The molecular formula is C16H25FO. The summed E-state index contributed by atoms with van der Waals surface area (Å²) in [6.07, 6.45) is 1.41. The molecular weight excluding hydrogens is 227 g/mol. The number of benzene rings is 1. The third-order valence-corrected chi connectivity index (χ3v) is 2.87. The first kappa shape index (κ1) is 15.0. The van der Waals surface area contributed by atoms with Gasteiger partial charge in [0.2, 0.25) is 0 Å². The smallest absolute Gasteiger partial charge is 0.122 e. The minimum atomic E-state index is -0.247. The Labute approximate surface area is 110 Å². The Morgan fingerprint density at radius 1 is 1.17 bits per heavy atom. The lowest BCUT2D eigenvalue weighted by Crippen LogP contribution is -2.07. The molecule has 0 N–H and O–H groups in total. The lowest BCUT2D eigenvalue weighted by molar-refractivity contribution is 0.267. The second kappa shape index (κ2) is 7.40. The Balaban J connectivity index is 2.83. The minimum Gasteiger partial charge on any atom is -0.493 e. The number of aryl methyl sites for hydroxylation is 1. The van der Waals surface area contributed by atoms with Crippen LogP contribution in [0.1, 0.15) is 51.2 Å². The first-order chi connectivity index (χ1) is 8.54. The fraction of sp³-hybridized carbons (Fsp3) is 0.625. The molecule has 0 aliphatic rings. The second-order valence-electron chi connectivity index (χ2n) is 5.52. The molecule has 18 heavy (non-hydrogen) atoms. The van der Waals surface area contributed by atoms with E-state index in [0.717, 1.165) is 18.8 Å². The van der Waals surface area contributed by atoms with Gasteiger partial charge in [-0.2, -0.15) is 0 Å². The Kier molecular flexibility index (Phi) is 6.17. The van der Waals surface area contributed by atoms with E-state index < -0.39 is 0 Å². The van der Waals surface area contributed by atoms with Gasteiger partial charge in [0.25, 0.3) is 0 Å². The van der Waals surface area contributed by atoms with Crippen LogP contribution in [-0.2, 0) is 6.42 Å². The molecule has 0 aliphatic carbocycles. The maximum absolute atomic E-state index is 12.2. The number of hydrogen-bond donors (Lipinski definition) is 0. The molecule has 0 radical (unpaired) electrons. The number of ether oxygens (including phenoxy) is 1. The molecule has 0 saturated heterocycles. The summed E-state index contributed by atoms with van der Waals surface area (Å²) >= 11 is 0. The van der Waals surface area contributed by atoms with Crippen LogP contribution in [0.25, 0.3) is 0 Å². The van der Waals surface area contributed by atoms with Gasteiger partial charge in [0, 0.05) is 0 Å². The molecule has 0 spiro atoms. The van der Waals surface area contributed by atoms with Crippen LogP contribution < -0.4 is 4.74 Å². The molecule has 1 nitrogen and oxygen atoms in total. The number of halogens is 1. The highest BCUT2D eigenvalue weighted by Gasteiger charge is 2.09. The van der Waals surface area contributed by atoms with Crippen molar-refractivity contribution in [3.8, 4) is 5.75 Å². The first-order valence-electron chi connectivity index (χ1n) is 6.86. The van der Waals surface area contributed by atoms with Crippen LogP contribution in [0, 0.1) is 5.92 Å². The maximum atomic E-state index is 12.2. The van der Waals surface area contributed by atoms with Crippen molar-refractivity contribution in [2.24, 2.45) is 5.92 Å². The van der Waals surface area contributed by atoms with Gasteiger partial charge < -0.3 is 4.74 Å². The van der Waals surface area contributed by atoms with Crippen molar-refractivity contribution in [3.63, 3.8) is 0 Å². The van der Waals surface area contributed by atoms with Gasteiger partial charge in [-0.1, -0.05) is 39.8 Å². The highest BCUT2D eigenvalue weighted by Crippen LogP contribution is 2.28. The first-order valence-corrected chi connectivity index (χ1v) is 6.86. The van der Waals surface area contributed by atoms with Gasteiger partial charge in [-0.05, 0) is 41.9 Å². The Morgan fingerprint density at radius 2 is 1.89 bits per heavy atom. The summed E-state index contributed by atoms with van der Waals surface area (Å²) < 4.78 is 18.0.